The summed E-state index contributed by atoms with van der Waals surface area (Å²) >= 11 is 5.54. The average molecular weight is 313 g/mol. The second-order valence-corrected chi connectivity index (χ2v) is 4.63. The molecule has 2 aromatic rings. The summed E-state index contributed by atoms with van der Waals surface area (Å²) in [6.45, 7) is -1.27. The zero-order chi connectivity index (χ0) is 14.9. The van der Waals surface area contributed by atoms with Crippen molar-refractivity contribution in [3.8, 4) is 0 Å². The van der Waals surface area contributed by atoms with Crippen molar-refractivity contribution in [1.29, 1.82) is 0 Å². The first-order valence-electron chi connectivity index (χ1n) is 5.72. The Kier molecular flexibility index (Phi) is 4.17. The van der Waals surface area contributed by atoms with Gasteiger partial charge in [0, 0.05) is 12.3 Å². The Morgan fingerprint density at radius 3 is 2.60 bits per heavy atom. The van der Waals surface area contributed by atoms with Gasteiger partial charge in [-0.05, 0) is 18.2 Å². The van der Waals surface area contributed by atoms with Gasteiger partial charge in [-0.15, -0.1) is 11.6 Å². The summed E-state index contributed by atoms with van der Waals surface area (Å²) in [5.41, 5.74) is 0.307. The van der Waals surface area contributed by atoms with Crippen LogP contribution >= 0.6 is 11.6 Å². The van der Waals surface area contributed by atoms with Gasteiger partial charge in [0.2, 0.25) is 0 Å². The molecule has 0 radical (unpaired) electrons. The van der Waals surface area contributed by atoms with E-state index >= 15 is 0 Å². The van der Waals surface area contributed by atoms with Crippen LogP contribution in [0.1, 0.15) is 5.82 Å². The topological polar surface area (TPSA) is 17.8 Å². The van der Waals surface area contributed by atoms with Gasteiger partial charge < -0.3 is 4.57 Å². The molecule has 0 atom stereocenters. The van der Waals surface area contributed by atoms with Crippen LogP contribution in [0.15, 0.2) is 18.2 Å². The molecule has 0 unspecified atom stereocenters. The summed E-state index contributed by atoms with van der Waals surface area (Å²) in [6, 6.07) is 3.41. The number of alkyl halides is 5. The number of rotatable bonds is 5. The van der Waals surface area contributed by atoms with Crippen LogP contribution < -0.4 is 0 Å². The lowest BCUT2D eigenvalue weighted by Gasteiger charge is -2.18. The molecule has 1 aromatic heterocycles. The van der Waals surface area contributed by atoms with E-state index in [1.165, 1.54) is 6.07 Å². The van der Waals surface area contributed by atoms with Crippen LogP contribution in [-0.4, -0.2) is 27.8 Å². The van der Waals surface area contributed by atoms with E-state index < -0.39 is 24.7 Å². The molecular formula is C12H10ClF5N2. The largest absolute Gasteiger partial charge is 0.324 e. The first-order chi connectivity index (χ1) is 9.35. The number of imidazole rings is 1. The third kappa shape index (κ3) is 2.87. The van der Waals surface area contributed by atoms with E-state index in [0.717, 1.165) is 16.7 Å². The summed E-state index contributed by atoms with van der Waals surface area (Å²) in [6.07, 6.45) is -3.69. The number of aryl methyl sites for hydroxylation is 1. The minimum atomic E-state index is -4.22. The van der Waals surface area contributed by atoms with Gasteiger partial charge in [-0.1, -0.05) is 0 Å². The smallest absolute Gasteiger partial charge is 0.322 e. The van der Waals surface area contributed by atoms with Gasteiger partial charge in [0.05, 0.1) is 17.6 Å². The highest BCUT2D eigenvalue weighted by molar-refractivity contribution is 6.17. The number of nitrogens with zero attached hydrogens (tertiary/aromatic N) is 2. The van der Waals surface area contributed by atoms with Crippen molar-refractivity contribution < 1.29 is 22.0 Å². The molecule has 0 aliphatic rings. The zero-order valence-electron chi connectivity index (χ0n) is 10.1. The second kappa shape index (κ2) is 5.55. The molecule has 1 aromatic carbocycles. The van der Waals surface area contributed by atoms with Crippen molar-refractivity contribution >= 4 is 22.6 Å². The van der Waals surface area contributed by atoms with Crippen molar-refractivity contribution in [2.45, 2.75) is 25.3 Å². The Morgan fingerprint density at radius 2 is 2.00 bits per heavy atom. The van der Waals surface area contributed by atoms with Crippen molar-refractivity contribution in [2.75, 3.05) is 5.88 Å². The standard InChI is InChI=1S/C12H10ClF5N2/c13-4-3-10-19-8-2-1-7(14)5-9(8)20(10)6-12(17,18)11(15)16/h1-2,5,11H,3-4,6H2. The van der Waals surface area contributed by atoms with Gasteiger partial charge in [-0.3, -0.25) is 0 Å². The highest BCUT2D eigenvalue weighted by Gasteiger charge is 2.41. The Bertz CT molecular complexity index is 611. The molecule has 0 fully saturated rings. The van der Waals surface area contributed by atoms with Crippen LogP contribution in [0.3, 0.4) is 0 Å². The van der Waals surface area contributed by atoms with Gasteiger partial charge in [0.15, 0.2) is 0 Å². The number of fused-ring (bicyclic) bond motifs is 1. The quantitative estimate of drug-likeness (QED) is 0.605. The molecule has 0 saturated heterocycles. The average Bonchev–Trinajstić information content (AvgIpc) is 2.67. The number of hydrogen-bond donors (Lipinski definition) is 0. The molecule has 2 nitrogen and oxygen atoms in total. The number of aromatic nitrogens is 2. The van der Waals surface area contributed by atoms with E-state index in [0.29, 0.717) is 0 Å². The maximum Gasteiger partial charge on any atom is 0.324 e. The molecule has 0 N–H and O–H groups in total. The second-order valence-electron chi connectivity index (χ2n) is 4.25. The molecule has 2 rings (SSSR count). The Balaban J connectivity index is 2.53. The molecule has 0 aliphatic heterocycles. The highest BCUT2D eigenvalue weighted by atomic mass is 35.5. The predicted molar refractivity (Wildman–Crippen MR) is 65.1 cm³/mol. The molecule has 0 saturated carbocycles. The van der Waals surface area contributed by atoms with Crippen LogP contribution in [0.25, 0.3) is 11.0 Å². The van der Waals surface area contributed by atoms with Crippen LogP contribution in [-0.2, 0) is 13.0 Å². The molecular weight excluding hydrogens is 303 g/mol. The summed E-state index contributed by atoms with van der Waals surface area (Å²) in [5, 5.41) is 0. The molecule has 20 heavy (non-hydrogen) atoms. The molecule has 1 heterocycles. The van der Waals surface area contributed by atoms with Gasteiger partial charge in [0.1, 0.15) is 11.6 Å². The fourth-order valence-corrected chi connectivity index (χ4v) is 2.05. The minimum Gasteiger partial charge on any atom is -0.322 e. The SMILES string of the molecule is Fc1ccc2nc(CCCl)n(CC(F)(F)C(F)F)c2c1. The fraction of sp³-hybridized carbons (Fsp3) is 0.417. The van der Waals surface area contributed by atoms with Gasteiger partial charge in [-0.2, -0.15) is 8.78 Å². The molecule has 8 heteroatoms. The van der Waals surface area contributed by atoms with Crippen molar-refractivity contribution in [3.63, 3.8) is 0 Å². The van der Waals surface area contributed by atoms with E-state index in [-0.39, 0.29) is 29.2 Å². The van der Waals surface area contributed by atoms with E-state index in [1.807, 2.05) is 0 Å². The first-order valence-corrected chi connectivity index (χ1v) is 6.25. The lowest BCUT2D eigenvalue weighted by atomic mass is 10.3. The monoisotopic (exact) mass is 312 g/mol. The van der Waals surface area contributed by atoms with Crippen molar-refractivity contribution in [3.05, 3.63) is 29.8 Å². The summed E-state index contributed by atoms with van der Waals surface area (Å²) in [4.78, 5) is 4.02. The summed E-state index contributed by atoms with van der Waals surface area (Å²) < 4.78 is 65.2. The maximum atomic E-state index is 13.2. The van der Waals surface area contributed by atoms with Crippen LogP contribution in [0.5, 0.6) is 0 Å². The third-order valence-electron chi connectivity index (χ3n) is 2.80. The maximum absolute atomic E-state index is 13.2. The predicted octanol–water partition coefficient (Wildman–Crippen LogP) is 3.86. The number of benzene rings is 1. The van der Waals surface area contributed by atoms with Crippen LogP contribution in [0.4, 0.5) is 22.0 Å². The van der Waals surface area contributed by atoms with Crippen LogP contribution in [0.2, 0.25) is 0 Å². The Morgan fingerprint density at radius 1 is 1.30 bits per heavy atom. The molecule has 0 aliphatic carbocycles. The molecule has 0 spiro atoms. The van der Waals surface area contributed by atoms with Crippen LogP contribution in [0, 0.1) is 5.82 Å². The first kappa shape index (κ1) is 15.0. The highest BCUT2D eigenvalue weighted by Crippen LogP contribution is 2.28. The lowest BCUT2D eigenvalue weighted by molar-refractivity contribution is -0.137. The van der Waals surface area contributed by atoms with E-state index in [2.05, 4.69) is 4.98 Å². The van der Waals surface area contributed by atoms with E-state index in [1.54, 1.807) is 0 Å². The summed E-state index contributed by atoms with van der Waals surface area (Å²) in [5.74, 6) is -4.66. The zero-order valence-corrected chi connectivity index (χ0v) is 10.8. The van der Waals surface area contributed by atoms with Gasteiger partial charge in [0.25, 0.3) is 0 Å². The third-order valence-corrected chi connectivity index (χ3v) is 2.98. The fourth-order valence-electron chi connectivity index (χ4n) is 1.88. The molecule has 0 bridgehead atoms. The number of hydrogen-bond acceptors (Lipinski definition) is 1. The van der Waals surface area contributed by atoms with E-state index in [9.17, 15) is 22.0 Å². The van der Waals surface area contributed by atoms with Crippen molar-refractivity contribution in [1.82, 2.24) is 9.55 Å². The number of halogens is 6. The normalized spacial score (nSPS) is 12.6. The molecule has 0 amide bonds. The minimum absolute atomic E-state index is 0.0467. The molecule has 110 valence electrons. The van der Waals surface area contributed by atoms with Crippen molar-refractivity contribution in [2.24, 2.45) is 0 Å². The summed E-state index contributed by atoms with van der Waals surface area (Å²) in [7, 11) is 0. The lowest BCUT2D eigenvalue weighted by Crippen LogP contribution is -2.32. The Labute approximate surface area is 116 Å². The Hall–Kier alpha value is -1.37. The van der Waals surface area contributed by atoms with Gasteiger partial charge in [-0.25, -0.2) is 18.2 Å². The van der Waals surface area contributed by atoms with E-state index in [4.69, 9.17) is 11.6 Å². The van der Waals surface area contributed by atoms with Gasteiger partial charge >= 0.3 is 12.3 Å².